The van der Waals surface area contributed by atoms with E-state index in [9.17, 15) is 56.2 Å². The molecule has 13 heteroatoms. The zero-order valence-electron chi connectivity index (χ0n) is 21.9. The summed E-state index contributed by atoms with van der Waals surface area (Å²) in [6.07, 6.45) is -5.66. The van der Waals surface area contributed by atoms with E-state index in [0.717, 1.165) is 24.3 Å². The van der Waals surface area contributed by atoms with E-state index < -0.39 is 76.3 Å². The van der Waals surface area contributed by atoms with Gasteiger partial charge in [-0.3, -0.25) is 0 Å². The SMILES string of the molecule is Oc1ccc2c(c1)O[C@H](c1cc(O)c(O)c(O)c1)[C@@H](O)[C@@H]2c1c(O)cc2c(c1O)C[C@H](O)[C@@H](c1cc(O)c(O)c(O)c1)O2. The number of ether oxygens (including phenoxy) is 2. The highest BCUT2D eigenvalue weighted by atomic mass is 16.5. The molecule has 0 amide bonds. The van der Waals surface area contributed by atoms with Gasteiger partial charge >= 0.3 is 0 Å². The van der Waals surface area contributed by atoms with E-state index in [1.807, 2.05) is 0 Å². The fraction of sp³-hybridized carbons (Fsp3) is 0.200. The lowest BCUT2D eigenvalue weighted by Gasteiger charge is -2.39. The van der Waals surface area contributed by atoms with Crippen molar-refractivity contribution in [3.8, 4) is 63.2 Å². The van der Waals surface area contributed by atoms with Crippen molar-refractivity contribution in [1.82, 2.24) is 0 Å². The molecule has 2 aliphatic heterocycles. The summed E-state index contributed by atoms with van der Waals surface area (Å²) >= 11 is 0. The maximum atomic E-state index is 11.6. The largest absolute Gasteiger partial charge is 0.508 e. The molecule has 0 aliphatic carbocycles. The van der Waals surface area contributed by atoms with Gasteiger partial charge < -0.3 is 65.6 Å². The van der Waals surface area contributed by atoms with Gasteiger partial charge in [-0.25, -0.2) is 0 Å². The summed E-state index contributed by atoms with van der Waals surface area (Å²) < 4.78 is 11.8. The number of benzene rings is 4. The van der Waals surface area contributed by atoms with Crippen molar-refractivity contribution in [2.24, 2.45) is 0 Å². The van der Waals surface area contributed by atoms with Crippen molar-refractivity contribution < 1.29 is 65.6 Å². The lowest BCUT2D eigenvalue weighted by molar-refractivity contribution is 0.00649. The third-order valence-electron chi connectivity index (χ3n) is 7.79. The molecule has 11 N–H and O–H groups in total. The highest BCUT2D eigenvalue weighted by Gasteiger charge is 2.44. The van der Waals surface area contributed by atoms with Gasteiger partial charge in [0.25, 0.3) is 0 Å². The van der Waals surface area contributed by atoms with Crippen LogP contribution in [0.5, 0.6) is 63.2 Å². The van der Waals surface area contributed by atoms with Crippen LogP contribution in [-0.2, 0) is 6.42 Å². The van der Waals surface area contributed by atoms with Crippen molar-refractivity contribution in [3.05, 3.63) is 76.3 Å². The average molecular weight is 595 g/mol. The maximum Gasteiger partial charge on any atom is 0.200 e. The summed E-state index contributed by atoms with van der Waals surface area (Å²) in [7, 11) is 0. The van der Waals surface area contributed by atoms with Crippen molar-refractivity contribution in [3.63, 3.8) is 0 Å². The monoisotopic (exact) mass is 594 g/mol. The van der Waals surface area contributed by atoms with Crippen LogP contribution in [0.25, 0.3) is 0 Å². The molecule has 0 fully saturated rings. The third kappa shape index (κ3) is 4.42. The molecular weight excluding hydrogens is 568 g/mol. The number of fused-ring (bicyclic) bond motifs is 2. The minimum absolute atomic E-state index is 0.0261. The van der Waals surface area contributed by atoms with E-state index in [1.54, 1.807) is 0 Å². The first-order valence-electron chi connectivity index (χ1n) is 12.9. The highest BCUT2D eigenvalue weighted by Crippen LogP contribution is 2.55. The fourth-order valence-electron chi connectivity index (χ4n) is 5.74. The smallest absolute Gasteiger partial charge is 0.200 e. The molecule has 2 aliphatic rings. The van der Waals surface area contributed by atoms with Gasteiger partial charge in [-0.2, -0.15) is 0 Å². The third-order valence-corrected chi connectivity index (χ3v) is 7.79. The van der Waals surface area contributed by atoms with Crippen molar-refractivity contribution in [1.29, 1.82) is 0 Å². The minimum Gasteiger partial charge on any atom is -0.508 e. The summed E-state index contributed by atoms with van der Waals surface area (Å²) in [6.45, 7) is 0. The summed E-state index contributed by atoms with van der Waals surface area (Å²) in [4.78, 5) is 0. The molecule has 0 bridgehead atoms. The topological polar surface area (TPSA) is 241 Å². The van der Waals surface area contributed by atoms with Gasteiger partial charge in [-0.05, 0) is 30.3 Å². The van der Waals surface area contributed by atoms with E-state index >= 15 is 0 Å². The first-order valence-corrected chi connectivity index (χ1v) is 12.9. The fourth-order valence-corrected chi connectivity index (χ4v) is 5.74. The van der Waals surface area contributed by atoms with Gasteiger partial charge in [0.15, 0.2) is 46.7 Å². The van der Waals surface area contributed by atoms with Crippen molar-refractivity contribution in [2.75, 3.05) is 0 Å². The van der Waals surface area contributed by atoms with Crippen LogP contribution in [0.2, 0.25) is 0 Å². The van der Waals surface area contributed by atoms with Gasteiger partial charge in [-0.15, -0.1) is 0 Å². The van der Waals surface area contributed by atoms with Crippen LogP contribution in [-0.4, -0.2) is 68.4 Å². The molecule has 0 spiro atoms. The molecule has 224 valence electrons. The second-order valence-corrected chi connectivity index (χ2v) is 10.5. The van der Waals surface area contributed by atoms with Crippen molar-refractivity contribution >= 4 is 0 Å². The number of aromatic hydroxyl groups is 9. The molecule has 4 aromatic rings. The Kier molecular flexibility index (Phi) is 6.36. The van der Waals surface area contributed by atoms with E-state index in [1.165, 1.54) is 24.3 Å². The quantitative estimate of drug-likeness (QED) is 0.153. The summed E-state index contributed by atoms with van der Waals surface area (Å²) in [5.41, 5.74) is 0.278. The maximum absolute atomic E-state index is 11.6. The number of aliphatic hydroxyl groups is 2. The number of phenols is 9. The van der Waals surface area contributed by atoms with Crippen molar-refractivity contribution in [2.45, 2.75) is 36.8 Å². The molecule has 2 heterocycles. The molecule has 0 aromatic heterocycles. The molecule has 43 heavy (non-hydrogen) atoms. The Morgan fingerprint density at radius 3 is 1.67 bits per heavy atom. The molecule has 0 unspecified atom stereocenters. The van der Waals surface area contributed by atoms with Gasteiger partial charge in [0.05, 0.1) is 6.10 Å². The first kappa shape index (κ1) is 27.8. The molecule has 0 saturated heterocycles. The van der Waals surface area contributed by atoms with Gasteiger partial charge in [0.2, 0.25) is 0 Å². The standard InChI is InChI=1S/C30H26O13/c31-12-1-2-13-21(7-12)43-30(11-5-18(35)27(40)19(36)6-11)28(41)23(13)24-15(32)9-22-14(25(24)38)8-20(37)29(42-22)10-3-16(33)26(39)17(34)4-10/h1-7,9,20,23,28-41H,8H2/t20-,23-,28-,29+,30+/m0/s1. The molecular formula is C30H26O13. The Hall–Kier alpha value is -5.40. The Labute approximate surface area is 242 Å². The van der Waals surface area contributed by atoms with Crippen LogP contribution < -0.4 is 9.47 Å². The molecule has 4 aromatic carbocycles. The molecule has 0 saturated carbocycles. The van der Waals surface area contributed by atoms with Crippen LogP contribution in [0.1, 0.15) is 45.9 Å². The number of rotatable bonds is 3. The van der Waals surface area contributed by atoms with Crippen LogP contribution >= 0.6 is 0 Å². The Morgan fingerprint density at radius 2 is 1.09 bits per heavy atom. The number of aliphatic hydroxyl groups excluding tert-OH is 2. The van der Waals surface area contributed by atoms with Gasteiger partial charge in [-0.1, -0.05) is 6.07 Å². The normalized spacial score (nSPS) is 22.6. The zero-order valence-corrected chi connectivity index (χ0v) is 21.9. The number of hydrogen-bond donors (Lipinski definition) is 11. The Morgan fingerprint density at radius 1 is 0.558 bits per heavy atom. The summed E-state index contributed by atoms with van der Waals surface area (Å²) in [5, 5.41) is 115. The Balaban J connectivity index is 1.45. The minimum atomic E-state index is -1.58. The summed E-state index contributed by atoms with van der Waals surface area (Å²) in [6, 6.07) is 9.44. The second-order valence-electron chi connectivity index (χ2n) is 10.5. The predicted molar refractivity (Wildman–Crippen MR) is 145 cm³/mol. The van der Waals surface area contributed by atoms with Crippen LogP contribution in [0.4, 0.5) is 0 Å². The van der Waals surface area contributed by atoms with Gasteiger partial charge in [0, 0.05) is 52.3 Å². The molecule has 13 nitrogen and oxygen atoms in total. The molecule has 0 radical (unpaired) electrons. The lowest BCUT2D eigenvalue weighted by atomic mass is 9.78. The van der Waals surface area contributed by atoms with Crippen LogP contribution in [0.3, 0.4) is 0 Å². The van der Waals surface area contributed by atoms with E-state index in [-0.39, 0.29) is 51.5 Å². The molecule has 6 rings (SSSR count). The average Bonchev–Trinajstić information content (AvgIpc) is 2.95. The van der Waals surface area contributed by atoms with E-state index in [4.69, 9.17) is 9.47 Å². The number of phenolic OH excluding ortho intramolecular Hbond substituents is 9. The van der Waals surface area contributed by atoms with Crippen LogP contribution in [0.15, 0.2) is 48.5 Å². The zero-order chi connectivity index (χ0) is 30.9. The first-order chi connectivity index (χ1) is 20.3. The van der Waals surface area contributed by atoms with Crippen LogP contribution in [0, 0.1) is 0 Å². The van der Waals surface area contributed by atoms with E-state index in [2.05, 4.69) is 0 Å². The Bertz CT molecular complexity index is 1720. The molecule has 5 atom stereocenters. The van der Waals surface area contributed by atoms with E-state index in [0.29, 0.717) is 0 Å². The predicted octanol–water partition coefficient (Wildman–Crippen LogP) is 2.70. The lowest BCUT2D eigenvalue weighted by Crippen LogP contribution is -2.35. The number of hydrogen-bond acceptors (Lipinski definition) is 13. The highest BCUT2D eigenvalue weighted by molar-refractivity contribution is 5.64. The summed E-state index contributed by atoms with van der Waals surface area (Å²) in [5.74, 6) is -6.70. The van der Waals surface area contributed by atoms with Gasteiger partial charge in [0.1, 0.15) is 34.9 Å². The second kappa shape index (κ2) is 9.86.